The monoisotopic (exact) mass is 640 g/mol. The molecule has 0 N–H and O–H groups in total. The Balaban J connectivity index is 1.00. The zero-order valence-corrected chi connectivity index (χ0v) is 27.7. The maximum atomic E-state index is 2.34. The van der Waals surface area contributed by atoms with Crippen molar-refractivity contribution in [1.82, 2.24) is 0 Å². The first-order chi connectivity index (χ1) is 24.8. The Morgan fingerprint density at radius 2 is 0.660 bits per heavy atom. The summed E-state index contributed by atoms with van der Waals surface area (Å²) in [5, 5.41) is 2.45. The van der Waals surface area contributed by atoms with Gasteiger partial charge in [0.1, 0.15) is 0 Å². The Kier molecular flexibility index (Phi) is 8.73. The van der Waals surface area contributed by atoms with Gasteiger partial charge < -0.3 is 9.80 Å². The third-order valence-corrected chi connectivity index (χ3v) is 9.04. The summed E-state index contributed by atoms with van der Waals surface area (Å²) in [7, 11) is 0. The van der Waals surface area contributed by atoms with Crippen molar-refractivity contribution >= 4 is 57.0 Å². The van der Waals surface area contributed by atoms with Gasteiger partial charge in [-0.2, -0.15) is 0 Å². The predicted octanol–water partition coefficient (Wildman–Crippen LogP) is 13.6. The van der Waals surface area contributed by atoms with Gasteiger partial charge in [-0.3, -0.25) is 0 Å². The molecule has 2 nitrogen and oxygen atoms in total. The van der Waals surface area contributed by atoms with E-state index < -0.39 is 0 Å². The number of hydrogen-bond acceptors (Lipinski definition) is 2. The maximum absolute atomic E-state index is 2.34. The largest absolute Gasteiger partial charge is 0.311 e. The molecule has 0 aliphatic heterocycles. The summed E-state index contributed by atoms with van der Waals surface area (Å²) in [4.78, 5) is 4.62. The zero-order valence-electron chi connectivity index (χ0n) is 27.7. The molecule has 0 spiro atoms. The highest BCUT2D eigenvalue weighted by atomic mass is 15.1. The lowest BCUT2D eigenvalue weighted by atomic mass is 10.0. The Morgan fingerprint density at radius 1 is 0.280 bits per heavy atom. The van der Waals surface area contributed by atoms with E-state index in [-0.39, 0.29) is 0 Å². The van der Waals surface area contributed by atoms with Crippen LogP contribution in [0.1, 0.15) is 11.1 Å². The SMILES string of the molecule is C(=Cc1ccc(N(c2ccccc2)c2cccc3ccccc23)cc1)c1ccc(-c2ccc(N(c3ccccc3)c3ccccc3)cc2)cc1. The number of nitrogens with zero attached hydrogens (tertiary/aromatic N) is 2. The summed E-state index contributed by atoms with van der Waals surface area (Å²) in [5.74, 6) is 0. The molecule has 0 aliphatic carbocycles. The molecule has 50 heavy (non-hydrogen) atoms. The van der Waals surface area contributed by atoms with Gasteiger partial charge in [-0.15, -0.1) is 0 Å². The van der Waals surface area contributed by atoms with Crippen molar-refractivity contribution in [2.45, 2.75) is 0 Å². The molecule has 238 valence electrons. The van der Waals surface area contributed by atoms with E-state index in [1.165, 1.54) is 21.9 Å². The van der Waals surface area contributed by atoms with Gasteiger partial charge in [-0.1, -0.05) is 152 Å². The van der Waals surface area contributed by atoms with Crippen molar-refractivity contribution in [3.05, 3.63) is 217 Å². The summed E-state index contributed by atoms with van der Waals surface area (Å²) >= 11 is 0. The predicted molar refractivity (Wildman–Crippen MR) is 214 cm³/mol. The molecule has 0 aromatic heterocycles. The Bertz CT molecular complexity index is 2280. The van der Waals surface area contributed by atoms with Crippen LogP contribution < -0.4 is 9.80 Å². The fourth-order valence-corrected chi connectivity index (χ4v) is 6.53. The molecular formula is C48H36N2. The second-order valence-electron chi connectivity index (χ2n) is 12.3. The summed E-state index contributed by atoms with van der Waals surface area (Å²) in [6.45, 7) is 0. The molecular weight excluding hydrogens is 605 g/mol. The molecule has 0 heterocycles. The molecule has 0 saturated heterocycles. The molecule has 0 fully saturated rings. The standard InChI is InChI=1S/C48H36N2/c1-4-15-42(16-5-1)49(43-17-6-2-7-18-43)45-35-31-40(32-36-45)39-29-25-37(26-30-39)23-24-38-27-33-46(34-28-38)50(44-19-8-3-9-20-44)48-22-12-14-41-13-10-11-21-47(41)48/h1-36H. The van der Waals surface area contributed by atoms with Gasteiger partial charge in [0.15, 0.2) is 0 Å². The van der Waals surface area contributed by atoms with Crippen LogP contribution in [0.3, 0.4) is 0 Å². The number of benzene rings is 8. The van der Waals surface area contributed by atoms with E-state index >= 15 is 0 Å². The van der Waals surface area contributed by atoms with Crippen molar-refractivity contribution < 1.29 is 0 Å². The Labute approximate surface area is 294 Å². The number of anilines is 6. The van der Waals surface area contributed by atoms with Gasteiger partial charge in [-0.25, -0.2) is 0 Å². The van der Waals surface area contributed by atoms with Crippen molar-refractivity contribution in [2.75, 3.05) is 9.80 Å². The topological polar surface area (TPSA) is 6.48 Å². The average Bonchev–Trinajstić information content (AvgIpc) is 3.20. The first-order valence-corrected chi connectivity index (χ1v) is 17.0. The van der Waals surface area contributed by atoms with E-state index in [4.69, 9.17) is 0 Å². The summed E-state index contributed by atoms with van der Waals surface area (Å²) in [6, 6.07) is 73.1. The van der Waals surface area contributed by atoms with Crippen LogP contribution in [-0.4, -0.2) is 0 Å². The molecule has 0 aliphatic rings. The minimum Gasteiger partial charge on any atom is -0.311 e. The molecule has 8 aromatic rings. The Hall–Kier alpha value is -6.64. The molecule has 0 unspecified atom stereocenters. The van der Waals surface area contributed by atoms with Crippen LogP contribution in [0.2, 0.25) is 0 Å². The number of fused-ring (bicyclic) bond motifs is 1. The smallest absolute Gasteiger partial charge is 0.0540 e. The Morgan fingerprint density at radius 3 is 1.22 bits per heavy atom. The molecule has 0 radical (unpaired) electrons. The van der Waals surface area contributed by atoms with Crippen LogP contribution in [-0.2, 0) is 0 Å². The second-order valence-corrected chi connectivity index (χ2v) is 12.3. The summed E-state index contributed by atoms with van der Waals surface area (Å²) < 4.78 is 0. The van der Waals surface area contributed by atoms with Crippen LogP contribution in [0.25, 0.3) is 34.1 Å². The van der Waals surface area contributed by atoms with E-state index in [0.717, 1.165) is 45.3 Å². The fourth-order valence-electron chi connectivity index (χ4n) is 6.53. The van der Waals surface area contributed by atoms with E-state index in [1.54, 1.807) is 0 Å². The molecule has 0 amide bonds. The van der Waals surface area contributed by atoms with Crippen LogP contribution in [0, 0.1) is 0 Å². The van der Waals surface area contributed by atoms with Crippen LogP contribution in [0.15, 0.2) is 206 Å². The average molecular weight is 641 g/mol. The summed E-state index contributed by atoms with van der Waals surface area (Å²) in [5.41, 5.74) is 11.5. The highest BCUT2D eigenvalue weighted by molar-refractivity contribution is 5.99. The third-order valence-electron chi connectivity index (χ3n) is 9.04. The first kappa shape index (κ1) is 30.7. The van der Waals surface area contributed by atoms with Crippen LogP contribution in [0.5, 0.6) is 0 Å². The third kappa shape index (κ3) is 6.56. The van der Waals surface area contributed by atoms with E-state index in [9.17, 15) is 0 Å². The zero-order chi connectivity index (χ0) is 33.5. The lowest BCUT2D eigenvalue weighted by Crippen LogP contribution is -2.10. The van der Waals surface area contributed by atoms with Gasteiger partial charge in [0.2, 0.25) is 0 Å². The lowest BCUT2D eigenvalue weighted by molar-refractivity contribution is 1.28. The molecule has 0 bridgehead atoms. The summed E-state index contributed by atoms with van der Waals surface area (Å²) in [6.07, 6.45) is 4.36. The number of rotatable bonds is 9. The number of para-hydroxylation sites is 3. The van der Waals surface area contributed by atoms with E-state index in [0.29, 0.717) is 0 Å². The van der Waals surface area contributed by atoms with E-state index in [1.807, 2.05) is 0 Å². The van der Waals surface area contributed by atoms with Gasteiger partial charge in [0.25, 0.3) is 0 Å². The van der Waals surface area contributed by atoms with E-state index in [2.05, 4.69) is 228 Å². The minimum absolute atomic E-state index is 1.12. The number of hydrogen-bond donors (Lipinski definition) is 0. The van der Waals surface area contributed by atoms with Crippen molar-refractivity contribution in [3.8, 4) is 11.1 Å². The van der Waals surface area contributed by atoms with Gasteiger partial charge in [0, 0.05) is 33.8 Å². The van der Waals surface area contributed by atoms with Crippen molar-refractivity contribution in [1.29, 1.82) is 0 Å². The minimum atomic E-state index is 1.12. The highest BCUT2D eigenvalue weighted by Gasteiger charge is 2.15. The highest BCUT2D eigenvalue weighted by Crippen LogP contribution is 2.39. The molecule has 8 aromatic carbocycles. The first-order valence-electron chi connectivity index (χ1n) is 17.0. The molecule has 0 atom stereocenters. The molecule has 8 rings (SSSR count). The maximum Gasteiger partial charge on any atom is 0.0540 e. The quantitative estimate of drug-likeness (QED) is 0.145. The van der Waals surface area contributed by atoms with Crippen LogP contribution in [0.4, 0.5) is 34.1 Å². The van der Waals surface area contributed by atoms with Crippen molar-refractivity contribution in [2.24, 2.45) is 0 Å². The lowest BCUT2D eigenvalue weighted by Gasteiger charge is -2.27. The van der Waals surface area contributed by atoms with Gasteiger partial charge in [-0.05, 0) is 94.4 Å². The van der Waals surface area contributed by atoms with Crippen molar-refractivity contribution in [3.63, 3.8) is 0 Å². The normalized spacial score (nSPS) is 11.1. The molecule has 2 heteroatoms. The molecule has 0 saturated carbocycles. The van der Waals surface area contributed by atoms with Crippen LogP contribution >= 0.6 is 0 Å². The van der Waals surface area contributed by atoms with Gasteiger partial charge >= 0.3 is 0 Å². The second kappa shape index (κ2) is 14.2. The fraction of sp³-hybridized carbons (Fsp3) is 0. The van der Waals surface area contributed by atoms with Gasteiger partial charge in [0.05, 0.1) is 5.69 Å².